The van der Waals surface area contributed by atoms with Gasteiger partial charge in [-0.25, -0.2) is 0 Å². The second-order valence-corrected chi connectivity index (χ2v) is 4.64. The Kier molecular flexibility index (Phi) is 7.34. The number of nitrogens with one attached hydrogen (secondary N) is 1. The topological polar surface area (TPSA) is 58.6 Å². The lowest BCUT2D eigenvalue weighted by atomic mass is 10.1. The molecule has 0 fully saturated rings. The normalized spacial score (nSPS) is 11.5. The lowest BCUT2D eigenvalue weighted by Gasteiger charge is -2.20. The van der Waals surface area contributed by atoms with Gasteiger partial charge in [0, 0.05) is 18.8 Å². The molecule has 90 valence electrons. The van der Waals surface area contributed by atoms with Crippen LogP contribution in [0.25, 0.3) is 0 Å². The van der Waals surface area contributed by atoms with Crippen molar-refractivity contribution in [3.05, 3.63) is 0 Å². The van der Waals surface area contributed by atoms with Crippen molar-refractivity contribution in [3.63, 3.8) is 0 Å². The average molecular weight is 217 g/mol. The van der Waals surface area contributed by atoms with Gasteiger partial charge in [-0.3, -0.25) is 4.79 Å². The van der Waals surface area contributed by atoms with Gasteiger partial charge in [0.2, 0.25) is 5.91 Å². The maximum atomic E-state index is 11.3. The Morgan fingerprint density at radius 1 is 1.27 bits per heavy atom. The van der Waals surface area contributed by atoms with Gasteiger partial charge in [-0.15, -0.1) is 0 Å². The SMILES string of the molecule is CC(C)(C)NC(=O)COCCCCCO. The first-order valence-corrected chi connectivity index (χ1v) is 5.45. The van der Waals surface area contributed by atoms with Crippen molar-refractivity contribution >= 4 is 5.91 Å². The molecule has 0 saturated carbocycles. The molecule has 2 N–H and O–H groups in total. The zero-order valence-electron chi connectivity index (χ0n) is 10.0. The highest BCUT2D eigenvalue weighted by molar-refractivity contribution is 5.77. The van der Waals surface area contributed by atoms with Crippen molar-refractivity contribution in [1.82, 2.24) is 5.32 Å². The Hall–Kier alpha value is -0.610. The van der Waals surface area contributed by atoms with Gasteiger partial charge in [-0.05, 0) is 40.0 Å². The predicted molar refractivity (Wildman–Crippen MR) is 59.7 cm³/mol. The monoisotopic (exact) mass is 217 g/mol. The highest BCUT2D eigenvalue weighted by Crippen LogP contribution is 1.98. The van der Waals surface area contributed by atoms with Crippen LogP contribution < -0.4 is 5.32 Å². The molecule has 0 aromatic carbocycles. The summed E-state index contributed by atoms with van der Waals surface area (Å²) in [6, 6.07) is 0. The molecule has 0 atom stereocenters. The second kappa shape index (κ2) is 7.65. The Morgan fingerprint density at radius 3 is 2.47 bits per heavy atom. The molecule has 0 unspecified atom stereocenters. The van der Waals surface area contributed by atoms with E-state index in [1.807, 2.05) is 20.8 Å². The van der Waals surface area contributed by atoms with Crippen molar-refractivity contribution in [2.24, 2.45) is 0 Å². The molecule has 1 amide bonds. The molecule has 0 spiro atoms. The highest BCUT2D eigenvalue weighted by atomic mass is 16.5. The van der Waals surface area contributed by atoms with E-state index in [1.165, 1.54) is 0 Å². The summed E-state index contributed by atoms with van der Waals surface area (Å²) in [5.41, 5.74) is -0.197. The second-order valence-electron chi connectivity index (χ2n) is 4.64. The Labute approximate surface area is 92.0 Å². The molecule has 0 aromatic heterocycles. The van der Waals surface area contributed by atoms with E-state index >= 15 is 0 Å². The van der Waals surface area contributed by atoms with E-state index in [2.05, 4.69) is 5.32 Å². The highest BCUT2D eigenvalue weighted by Gasteiger charge is 2.12. The lowest BCUT2D eigenvalue weighted by Crippen LogP contribution is -2.42. The van der Waals surface area contributed by atoms with Crippen LogP contribution >= 0.6 is 0 Å². The largest absolute Gasteiger partial charge is 0.396 e. The number of rotatable bonds is 7. The molecule has 0 heterocycles. The minimum Gasteiger partial charge on any atom is -0.396 e. The van der Waals surface area contributed by atoms with E-state index < -0.39 is 0 Å². The van der Waals surface area contributed by atoms with Gasteiger partial charge in [0.1, 0.15) is 6.61 Å². The Bertz CT molecular complexity index is 175. The van der Waals surface area contributed by atoms with Gasteiger partial charge in [0.25, 0.3) is 0 Å². The van der Waals surface area contributed by atoms with E-state index in [4.69, 9.17) is 9.84 Å². The van der Waals surface area contributed by atoms with Gasteiger partial charge in [-0.1, -0.05) is 0 Å². The number of hydrogen-bond acceptors (Lipinski definition) is 3. The summed E-state index contributed by atoms with van der Waals surface area (Å²) in [4.78, 5) is 11.3. The molecule has 0 saturated heterocycles. The number of carbonyl (C=O) groups excluding carboxylic acids is 1. The number of amides is 1. The van der Waals surface area contributed by atoms with Crippen molar-refractivity contribution < 1.29 is 14.6 Å². The first-order chi connectivity index (χ1) is 6.95. The van der Waals surface area contributed by atoms with Gasteiger partial charge in [0.15, 0.2) is 0 Å². The number of carbonyl (C=O) groups is 1. The molecular formula is C11H23NO3. The van der Waals surface area contributed by atoms with E-state index in [9.17, 15) is 4.79 Å². The summed E-state index contributed by atoms with van der Waals surface area (Å²) >= 11 is 0. The first-order valence-electron chi connectivity index (χ1n) is 5.45. The van der Waals surface area contributed by atoms with Crippen LogP contribution in [0, 0.1) is 0 Å². The predicted octanol–water partition coefficient (Wildman–Crippen LogP) is 1.08. The Morgan fingerprint density at radius 2 is 1.93 bits per heavy atom. The smallest absolute Gasteiger partial charge is 0.246 e. The van der Waals surface area contributed by atoms with Crippen LogP contribution in [-0.4, -0.2) is 36.4 Å². The van der Waals surface area contributed by atoms with Crippen LogP contribution in [0.4, 0.5) is 0 Å². The summed E-state index contributed by atoms with van der Waals surface area (Å²) in [7, 11) is 0. The van der Waals surface area contributed by atoms with Crippen LogP contribution in [0.2, 0.25) is 0 Å². The summed E-state index contributed by atoms with van der Waals surface area (Å²) in [5, 5.41) is 11.4. The summed E-state index contributed by atoms with van der Waals surface area (Å²) in [6.07, 6.45) is 2.64. The maximum absolute atomic E-state index is 11.3. The number of aliphatic hydroxyl groups excluding tert-OH is 1. The number of hydrogen-bond donors (Lipinski definition) is 2. The summed E-state index contributed by atoms with van der Waals surface area (Å²) < 4.78 is 5.19. The lowest BCUT2D eigenvalue weighted by molar-refractivity contribution is -0.127. The zero-order valence-corrected chi connectivity index (χ0v) is 10.0. The molecule has 0 aliphatic heterocycles. The van der Waals surface area contributed by atoms with E-state index in [0.29, 0.717) is 6.61 Å². The van der Waals surface area contributed by atoms with Crippen molar-refractivity contribution in [2.45, 2.75) is 45.6 Å². The fraction of sp³-hybridized carbons (Fsp3) is 0.909. The molecular weight excluding hydrogens is 194 g/mol. The molecule has 15 heavy (non-hydrogen) atoms. The third-order valence-corrected chi connectivity index (χ3v) is 1.69. The van der Waals surface area contributed by atoms with Gasteiger partial charge in [0.05, 0.1) is 0 Å². The molecule has 4 nitrogen and oxygen atoms in total. The van der Waals surface area contributed by atoms with Crippen LogP contribution in [0.3, 0.4) is 0 Å². The third kappa shape index (κ3) is 11.3. The quantitative estimate of drug-likeness (QED) is 0.627. The standard InChI is InChI=1S/C11H23NO3/c1-11(2,3)12-10(14)9-15-8-6-4-5-7-13/h13H,4-9H2,1-3H3,(H,12,14). The zero-order chi connectivity index (χ0) is 11.7. The van der Waals surface area contributed by atoms with Crippen LogP contribution in [0.5, 0.6) is 0 Å². The van der Waals surface area contributed by atoms with Gasteiger partial charge < -0.3 is 15.2 Å². The minimum absolute atomic E-state index is 0.0790. The molecule has 0 rings (SSSR count). The summed E-state index contributed by atoms with van der Waals surface area (Å²) in [6.45, 7) is 6.74. The van der Waals surface area contributed by atoms with Gasteiger partial charge >= 0.3 is 0 Å². The maximum Gasteiger partial charge on any atom is 0.246 e. The molecule has 0 bridgehead atoms. The van der Waals surface area contributed by atoms with Crippen molar-refractivity contribution in [2.75, 3.05) is 19.8 Å². The number of aliphatic hydroxyl groups is 1. The fourth-order valence-electron chi connectivity index (χ4n) is 1.11. The fourth-order valence-corrected chi connectivity index (χ4v) is 1.11. The minimum atomic E-state index is -0.197. The van der Waals surface area contributed by atoms with Crippen molar-refractivity contribution in [1.29, 1.82) is 0 Å². The average Bonchev–Trinajstić information content (AvgIpc) is 2.08. The first kappa shape index (κ1) is 14.4. The van der Waals surface area contributed by atoms with Crippen LogP contribution in [0.15, 0.2) is 0 Å². The number of ether oxygens (including phenoxy) is 1. The molecule has 0 aliphatic rings. The van der Waals surface area contributed by atoms with E-state index in [-0.39, 0.29) is 24.7 Å². The molecule has 0 aliphatic carbocycles. The van der Waals surface area contributed by atoms with Crippen LogP contribution in [-0.2, 0) is 9.53 Å². The summed E-state index contributed by atoms with van der Waals surface area (Å²) in [5.74, 6) is -0.0790. The molecule has 0 radical (unpaired) electrons. The Balaban J connectivity index is 3.32. The van der Waals surface area contributed by atoms with Gasteiger partial charge in [-0.2, -0.15) is 0 Å². The van der Waals surface area contributed by atoms with E-state index in [1.54, 1.807) is 0 Å². The van der Waals surface area contributed by atoms with Crippen LogP contribution in [0.1, 0.15) is 40.0 Å². The van der Waals surface area contributed by atoms with Crippen molar-refractivity contribution in [3.8, 4) is 0 Å². The van der Waals surface area contributed by atoms with E-state index in [0.717, 1.165) is 19.3 Å². The third-order valence-electron chi connectivity index (χ3n) is 1.69. The molecule has 4 heteroatoms. The molecule has 0 aromatic rings. The number of unbranched alkanes of at least 4 members (excludes halogenated alkanes) is 2.